The van der Waals surface area contributed by atoms with Crippen LogP contribution in [0.2, 0.25) is 5.02 Å². The second-order valence-electron chi connectivity index (χ2n) is 11.3. The average Bonchev–Trinajstić information content (AvgIpc) is 3.49. The van der Waals surface area contributed by atoms with Gasteiger partial charge in [-0.05, 0) is 62.6 Å². The van der Waals surface area contributed by atoms with Gasteiger partial charge in [-0.3, -0.25) is 9.99 Å². The van der Waals surface area contributed by atoms with Crippen LogP contribution in [0.5, 0.6) is 0 Å². The molecule has 0 saturated heterocycles. The maximum absolute atomic E-state index is 13.9. The van der Waals surface area contributed by atoms with Gasteiger partial charge >= 0.3 is 0 Å². The van der Waals surface area contributed by atoms with Crippen molar-refractivity contribution in [3.8, 4) is 6.07 Å². The first-order valence-corrected chi connectivity index (χ1v) is 14.1. The lowest BCUT2D eigenvalue weighted by Gasteiger charge is -2.34. The maximum Gasteiger partial charge on any atom is 0.123 e. The number of nitrogens with zero attached hydrogens (tertiary/aromatic N) is 3. The second kappa shape index (κ2) is 11.6. The van der Waals surface area contributed by atoms with E-state index < -0.39 is 5.44 Å². The third-order valence-corrected chi connectivity index (χ3v) is 7.62. The Morgan fingerprint density at radius 2 is 1.83 bits per heavy atom. The minimum atomic E-state index is -1.32. The molecule has 1 unspecified atom stereocenters. The number of rotatable bonds is 8. The summed E-state index contributed by atoms with van der Waals surface area (Å²) in [7, 11) is 7.12. The van der Waals surface area contributed by atoms with Gasteiger partial charge in [-0.15, -0.1) is 5.53 Å². The van der Waals surface area contributed by atoms with Crippen molar-refractivity contribution < 1.29 is 4.39 Å². The van der Waals surface area contributed by atoms with Gasteiger partial charge < -0.3 is 16.1 Å². The van der Waals surface area contributed by atoms with Crippen LogP contribution in [0.1, 0.15) is 56.8 Å². The lowest BCUT2D eigenvalue weighted by molar-refractivity contribution is 0.138. The van der Waals surface area contributed by atoms with Crippen LogP contribution < -0.4 is 21.6 Å². The number of nitriles is 1. The first-order valence-electron chi connectivity index (χ1n) is 13.7. The van der Waals surface area contributed by atoms with Crippen LogP contribution in [-0.2, 0) is 5.44 Å². The molecule has 0 saturated carbocycles. The predicted molar refractivity (Wildman–Crippen MR) is 168 cm³/mol. The van der Waals surface area contributed by atoms with Crippen molar-refractivity contribution in [1.82, 2.24) is 21.0 Å². The van der Waals surface area contributed by atoms with Gasteiger partial charge in [0.05, 0.1) is 39.0 Å². The topological polar surface area (TPSA) is 88.0 Å². The van der Waals surface area contributed by atoms with Crippen LogP contribution >= 0.6 is 11.6 Å². The summed E-state index contributed by atoms with van der Waals surface area (Å²) in [4.78, 5) is 4.50. The van der Waals surface area contributed by atoms with E-state index in [0.717, 1.165) is 12.0 Å². The number of benzene rings is 3. The number of hydrogen-bond acceptors (Lipinski definition) is 7. The van der Waals surface area contributed by atoms with Gasteiger partial charge in [-0.25, -0.2) is 4.39 Å². The minimum absolute atomic E-state index is 0.0468. The van der Waals surface area contributed by atoms with Crippen molar-refractivity contribution in [2.24, 2.45) is 0 Å². The lowest BCUT2D eigenvalue weighted by Crippen LogP contribution is -2.49. The Balaban J connectivity index is 1.62. The van der Waals surface area contributed by atoms with Crippen molar-refractivity contribution in [1.29, 1.82) is 5.26 Å². The fourth-order valence-electron chi connectivity index (χ4n) is 4.96. The van der Waals surface area contributed by atoms with E-state index in [4.69, 9.17) is 19.4 Å². The van der Waals surface area contributed by atoms with Crippen molar-refractivity contribution in [2.45, 2.75) is 51.1 Å². The Morgan fingerprint density at radius 1 is 1.12 bits per heavy atom. The van der Waals surface area contributed by atoms with Crippen LogP contribution in [0.3, 0.4) is 0 Å². The summed E-state index contributed by atoms with van der Waals surface area (Å²) in [6.45, 7) is 8.26. The first-order chi connectivity index (χ1) is 20.0. The van der Waals surface area contributed by atoms with Crippen LogP contribution in [0, 0.1) is 17.1 Å². The van der Waals surface area contributed by atoms with E-state index in [0.29, 0.717) is 44.1 Å². The number of anilines is 2. The van der Waals surface area contributed by atoms with E-state index in [2.05, 4.69) is 72.5 Å². The molecule has 0 fully saturated rings. The molecule has 0 bridgehead atoms. The van der Waals surface area contributed by atoms with E-state index in [1.165, 1.54) is 18.3 Å². The summed E-state index contributed by atoms with van der Waals surface area (Å²) in [5.41, 5.74) is 9.24. The summed E-state index contributed by atoms with van der Waals surface area (Å²) >= 11 is 6.80. The Hall–Kier alpha value is -4.26. The number of fused-ring (bicyclic) bond motifs is 1. The zero-order valence-corrected chi connectivity index (χ0v) is 24.7. The van der Waals surface area contributed by atoms with Crippen molar-refractivity contribution in [3.63, 3.8) is 0 Å². The van der Waals surface area contributed by atoms with Crippen molar-refractivity contribution in [2.75, 3.05) is 10.6 Å². The molecule has 0 aliphatic carbocycles. The highest BCUT2D eigenvalue weighted by Crippen LogP contribution is 2.38. The molecule has 4 N–H and O–H groups in total. The van der Waals surface area contributed by atoms with Crippen LogP contribution in [0.4, 0.5) is 15.8 Å². The molecule has 212 valence electrons. The van der Waals surface area contributed by atoms with Crippen molar-refractivity contribution in [3.05, 3.63) is 112 Å². The predicted octanol–water partition coefficient (Wildman–Crippen LogP) is 6.86. The number of hydrazine groups is 2. The first kappa shape index (κ1) is 29.2. The summed E-state index contributed by atoms with van der Waals surface area (Å²) < 4.78 is 13.9. The number of pyridine rings is 1. The number of hydrogen-bond donors (Lipinski definition) is 4. The smallest absolute Gasteiger partial charge is 0.123 e. The monoisotopic (exact) mass is 579 g/mol. The van der Waals surface area contributed by atoms with Gasteiger partial charge in [0.25, 0.3) is 0 Å². The lowest BCUT2D eigenvalue weighted by atomic mass is 9.69. The van der Waals surface area contributed by atoms with E-state index in [9.17, 15) is 9.65 Å². The molecule has 42 heavy (non-hydrogen) atoms. The molecular weight excluding hydrogens is 548 g/mol. The normalized spacial score (nSPS) is 15.4. The average molecular weight is 580 g/mol. The Kier molecular flexibility index (Phi) is 8.05. The standard InChI is InChI=1S/C32H32BClFN7/c1-5-27(20-9-7-6-8-10-20)38-29-21(17-36)18-37-30-25(29)15-24(16-26(30)34)39-32(33,22-11-13-23(35)14-12-22)28-19-42(41-40-28)31(2,3)4/h6-16,18-19,27,39-41H,5H2,1-4H3,(H,37,38)/t27-,32?/m1/s1. The van der Waals surface area contributed by atoms with Gasteiger partial charge in [0, 0.05) is 29.0 Å². The molecule has 10 heteroatoms. The van der Waals surface area contributed by atoms with E-state index >= 15 is 0 Å². The number of nitrogens with one attached hydrogen (secondary N) is 4. The van der Waals surface area contributed by atoms with Gasteiger partial charge in [0.15, 0.2) is 0 Å². The summed E-state index contributed by atoms with van der Waals surface area (Å²) in [5, 5.41) is 20.0. The van der Waals surface area contributed by atoms with Crippen molar-refractivity contribution >= 4 is 41.7 Å². The molecule has 3 aromatic carbocycles. The fourth-order valence-corrected chi connectivity index (χ4v) is 5.23. The van der Waals surface area contributed by atoms with Crippen LogP contribution in [0.15, 0.2) is 84.8 Å². The van der Waals surface area contributed by atoms with Gasteiger partial charge in [0.2, 0.25) is 0 Å². The molecule has 2 heterocycles. The highest BCUT2D eigenvalue weighted by molar-refractivity contribution is 6.36. The van der Waals surface area contributed by atoms with E-state index in [-0.39, 0.29) is 17.4 Å². The molecule has 7 nitrogen and oxygen atoms in total. The largest absolute Gasteiger partial charge is 0.378 e. The highest BCUT2D eigenvalue weighted by atomic mass is 35.5. The molecule has 4 aromatic rings. The van der Waals surface area contributed by atoms with Gasteiger partial charge in [-0.1, -0.05) is 61.0 Å². The molecule has 1 aliphatic rings. The molecule has 1 aromatic heterocycles. The third-order valence-electron chi connectivity index (χ3n) is 7.33. The van der Waals surface area contributed by atoms with Gasteiger partial charge in [-0.2, -0.15) is 5.26 Å². The van der Waals surface area contributed by atoms with Crippen LogP contribution in [0.25, 0.3) is 10.9 Å². The highest BCUT2D eigenvalue weighted by Gasteiger charge is 2.36. The fraction of sp³-hybridized carbons (Fsp3) is 0.250. The Labute approximate surface area is 252 Å². The van der Waals surface area contributed by atoms with E-state index in [1.807, 2.05) is 35.5 Å². The number of aromatic nitrogens is 1. The molecule has 1 aliphatic heterocycles. The molecule has 2 radical (unpaired) electrons. The molecule has 2 atom stereocenters. The summed E-state index contributed by atoms with van der Waals surface area (Å²) in [6.07, 6.45) is 4.21. The molecule has 0 amide bonds. The molecule has 5 rings (SSSR count). The zero-order valence-electron chi connectivity index (χ0n) is 24.0. The SMILES string of the molecule is [B]C(Nc1cc(Cl)c2ncc(C#N)c(N[C@H](CC)c3ccccc3)c2c1)(C1=CN(C(C)(C)C)NN1)c1ccc(F)cc1. The third kappa shape index (κ3) is 5.73. The Morgan fingerprint density at radius 3 is 2.45 bits per heavy atom. The van der Waals surface area contributed by atoms with Gasteiger partial charge in [0.1, 0.15) is 19.7 Å². The maximum atomic E-state index is 13.9. The zero-order chi connectivity index (χ0) is 30.1. The van der Waals surface area contributed by atoms with E-state index in [1.54, 1.807) is 18.2 Å². The van der Waals surface area contributed by atoms with Crippen LogP contribution in [-0.4, -0.2) is 23.4 Å². The summed E-state index contributed by atoms with van der Waals surface area (Å²) in [5.74, 6) is -0.368. The number of halogens is 2. The quantitative estimate of drug-likeness (QED) is 0.170. The summed E-state index contributed by atoms with van der Waals surface area (Å²) in [6, 6.07) is 21.9. The molecular formula is C32H32BClFN7. The minimum Gasteiger partial charge on any atom is -0.378 e. The Bertz CT molecular complexity index is 1670. The molecule has 0 spiro atoms. The second-order valence-corrected chi connectivity index (χ2v) is 11.7.